The lowest BCUT2D eigenvalue weighted by atomic mass is 10.1. The van der Waals surface area contributed by atoms with Gasteiger partial charge in [-0.05, 0) is 69.3 Å². The number of sulfonamides is 2. The minimum absolute atomic E-state index is 0.181. The summed E-state index contributed by atoms with van der Waals surface area (Å²) in [4.78, 5) is 14.8. The van der Waals surface area contributed by atoms with Crippen molar-refractivity contribution in [1.29, 1.82) is 0 Å². The molecule has 1 heterocycles. The van der Waals surface area contributed by atoms with Crippen molar-refractivity contribution in [1.82, 2.24) is 13.9 Å². The summed E-state index contributed by atoms with van der Waals surface area (Å²) in [5.74, 6) is -0.215. The van der Waals surface area contributed by atoms with E-state index < -0.39 is 20.0 Å². The van der Waals surface area contributed by atoms with Crippen molar-refractivity contribution in [3.05, 3.63) is 54.1 Å². The second-order valence-electron chi connectivity index (χ2n) is 8.70. The first-order valence-corrected chi connectivity index (χ1v) is 14.1. The lowest BCUT2D eigenvalue weighted by Gasteiger charge is -2.31. The Hall–Kier alpha value is -2.31. The number of amides is 1. The molecule has 1 amide bonds. The minimum Gasteiger partial charge on any atom is -0.326 e. The molecule has 1 aliphatic heterocycles. The topological polar surface area (TPSA) is 116 Å². The summed E-state index contributed by atoms with van der Waals surface area (Å²) in [5.41, 5.74) is 1.36. The molecule has 3 rings (SSSR count). The van der Waals surface area contributed by atoms with Crippen LogP contribution in [0.1, 0.15) is 25.8 Å². The standard InChI is InChI=1S/C23H32N4O5S2/c1-18(2)25-33(29,30)21-9-4-19(5-10-21)6-13-23(28)24-20-7-11-22(12-8-20)34(31,32)27-16-14-26(3)15-17-27/h4-5,7-12,18,25H,6,13-17H2,1-3H3,(H,24,28). The molecule has 11 heteroatoms. The average Bonchev–Trinajstić information content (AvgIpc) is 2.78. The molecule has 0 unspecified atom stereocenters. The number of nitrogens with one attached hydrogen (secondary N) is 2. The normalized spacial score (nSPS) is 16.0. The van der Waals surface area contributed by atoms with Gasteiger partial charge in [-0.25, -0.2) is 21.6 Å². The molecular formula is C23H32N4O5S2. The first-order valence-electron chi connectivity index (χ1n) is 11.2. The Kier molecular flexibility index (Phi) is 8.47. The van der Waals surface area contributed by atoms with Crippen LogP contribution >= 0.6 is 0 Å². The molecule has 1 saturated heterocycles. The highest BCUT2D eigenvalue weighted by molar-refractivity contribution is 7.89. The van der Waals surface area contributed by atoms with Crippen LogP contribution in [0, 0.1) is 0 Å². The van der Waals surface area contributed by atoms with E-state index in [2.05, 4.69) is 14.9 Å². The fraction of sp³-hybridized carbons (Fsp3) is 0.435. The quantitative estimate of drug-likeness (QED) is 0.534. The van der Waals surface area contributed by atoms with Gasteiger partial charge in [0.05, 0.1) is 9.79 Å². The molecule has 2 N–H and O–H groups in total. The summed E-state index contributed by atoms with van der Waals surface area (Å²) in [6, 6.07) is 12.4. The Balaban J connectivity index is 1.53. The lowest BCUT2D eigenvalue weighted by molar-refractivity contribution is -0.116. The number of anilines is 1. The second-order valence-corrected chi connectivity index (χ2v) is 12.4. The average molecular weight is 509 g/mol. The van der Waals surface area contributed by atoms with E-state index in [1.54, 1.807) is 38.1 Å². The second kappa shape index (κ2) is 11.0. The number of piperazine rings is 1. The predicted octanol–water partition coefficient (Wildman–Crippen LogP) is 1.88. The molecule has 1 aliphatic rings. The van der Waals surface area contributed by atoms with Crippen LogP contribution in [0.3, 0.4) is 0 Å². The predicted molar refractivity (Wildman–Crippen MR) is 132 cm³/mol. The van der Waals surface area contributed by atoms with E-state index in [1.807, 2.05) is 7.05 Å². The number of nitrogens with zero attached hydrogens (tertiary/aromatic N) is 2. The Morgan fingerprint density at radius 2 is 1.44 bits per heavy atom. The van der Waals surface area contributed by atoms with Crippen LogP contribution in [0.2, 0.25) is 0 Å². The summed E-state index contributed by atoms with van der Waals surface area (Å²) < 4.78 is 54.0. The molecule has 0 saturated carbocycles. The maximum Gasteiger partial charge on any atom is 0.243 e. The molecule has 186 valence electrons. The van der Waals surface area contributed by atoms with E-state index in [0.29, 0.717) is 38.3 Å². The van der Waals surface area contributed by atoms with Crippen LogP contribution in [0.15, 0.2) is 58.3 Å². The Morgan fingerprint density at radius 3 is 2.00 bits per heavy atom. The summed E-state index contributed by atoms with van der Waals surface area (Å²) in [6.45, 7) is 5.81. The third-order valence-corrected chi connectivity index (χ3v) is 9.09. The molecule has 2 aromatic rings. The Bertz CT molecular complexity index is 1190. The Morgan fingerprint density at radius 1 is 0.882 bits per heavy atom. The lowest BCUT2D eigenvalue weighted by Crippen LogP contribution is -2.46. The van der Waals surface area contributed by atoms with Gasteiger partial charge in [0, 0.05) is 44.3 Å². The van der Waals surface area contributed by atoms with E-state index in [9.17, 15) is 21.6 Å². The first-order chi connectivity index (χ1) is 16.0. The molecule has 0 aliphatic carbocycles. The zero-order chi connectivity index (χ0) is 24.9. The molecule has 1 fully saturated rings. The number of hydrogen-bond acceptors (Lipinski definition) is 6. The van der Waals surface area contributed by atoms with Crippen LogP contribution in [-0.2, 0) is 31.3 Å². The van der Waals surface area contributed by atoms with Gasteiger partial charge < -0.3 is 10.2 Å². The van der Waals surface area contributed by atoms with Crippen molar-refractivity contribution in [2.24, 2.45) is 0 Å². The van der Waals surface area contributed by atoms with E-state index in [4.69, 9.17) is 0 Å². The van der Waals surface area contributed by atoms with Crippen LogP contribution in [0.25, 0.3) is 0 Å². The third-order valence-electron chi connectivity index (χ3n) is 5.50. The van der Waals surface area contributed by atoms with Gasteiger partial charge in [-0.3, -0.25) is 4.79 Å². The zero-order valence-electron chi connectivity index (χ0n) is 19.7. The van der Waals surface area contributed by atoms with Crippen LogP contribution < -0.4 is 10.0 Å². The van der Waals surface area contributed by atoms with Crippen LogP contribution in [0.4, 0.5) is 5.69 Å². The number of aryl methyl sites for hydroxylation is 1. The van der Waals surface area contributed by atoms with Gasteiger partial charge in [0.2, 0.25) is 26.0 Å². The number of benzene rings is 2. The van der Waals surface area contributed by atoms with E-state index in [1.165, 1.54) is 28.6 Å². The summed E-state index contributed by atoms with van der Waals surface area (Å²) in [6.07, 6.45) is 0.650. The number of likely N-dealkylation sites (N-methyl/N-ethyl adjacent to an activating group) is 1. The monoisotopic (exact) mass is 508 g/mol. The van der Waals surface area contributed by atoms with Gasteiger partial charge in [0.25, 0.3) is 0 Å². The van der Waals surface area contributed by atoms with Crippen LogP contribution in [-0.4, -0.2) is 71.2 Å². The van der Waals surface area contributed by atoms with Crippen molar-refractivity contribution in [2.75, 3.05) is 38.5 Å². The number of carbonyl (C=O) groups excluding carboxylic acids is 1. The molecule has 0 atom stereocenters. The molecule has 0 spiro atoms. The molecule has 2 aromatic carbocycles. The van der Waals surface area contributed by atoms with Gasteiger partial charge in [0.1, 0.15) is 0 Å². The number of carbonyl (C=O) groups is 1. The van der Waals surface area contributed by atoms with E-state index in [0.717, 1.165) is 5.56 Å². The number of rotatable bonds is 9. The highest BCUT2D eigenvalue weighted by Gasteiger charge is 2.27. The van der Waals surface area contributed by atoms with E-state index in [-0.39, 0.29) is 28.2 Å². The molecule has 0 aromatic heterocycles. The smallest absolute Gasteiger partial charge is 0.243 e. The van der Waals surface area contributed by atoms with Gasteiger partial charge in [0.15, 0.2) is 0 Å². The fourth-order valence-corrected chi connectivity index (χ4v) is 6.26. The molecule has 0 radical (unpaired) electrons. The maximum absolute atomic E-state index is 12.8. The maximum atomic E-state index is 12.8. The van der Waals surface area contributed by atoms with Gasteiger partial charge in [-0.15, -0.1) is 0 Å². The number of hydrogen-bond donors (Lipinski definition) is 2. The van der Waals surface area contributed by atoms with E-state index >= 15 is 0 Å². The summed E-state index contributed by atoms with van der Waals surface area (Å²) in [7, 11) is -5.14. The Labute approximate surface area is 202 Å². The van der Waals surface area contributed by atoms with Crippen molar-refractivity contribution in [3.8, 4) is 0 Å². The van der Waals surface area contributed by atoms with Gasteiger partial charge in [-0.2, -0.15) is 4.31 Å². The fourth-order valence-electron chi connectivity index (χ4n) is 3.58. The first kappa shape index (κ1) is 26.3. The summed E-state index contributed by atoms with van der Waals surface area (Å²) in [5, 5.41) is 2.77. The van der Waals surface area contributed by atoms with Crippen molar-refractivity contribution in [3.63, 3.8) is 0 Å². The third kappa shape index (κ3) is 6.86. The molecular weight excluding hydrogens is 476 g/mol. The molecule has 9 nitrogen and oxygen atoms in total. The molecule has 0 bridgehead atoms. The summed E-state index contributed by atoms with van der Waals surface area (Å²) >= 11 is 0. The largest absolute Gasteiger partial charge is 0.326 e. The van der Waals surface area contributed by atoms with Crippen molar-refractivity contribution in [2.45, 2.75) is 42.5 Å². The van der Waals surface area contributed by atoms with Gasteiger partial charge in [-0.1, -0.05) is 12.1 Å². The van der Waals surface area contributed by atoms with Crippen molar-refractivity contribution < 1.29 is 21.6 Å². The molecule has 34 heavy (non-hydrogen) atoms. The van der Waals surface area contributed by atoms with Crippen LogP contribution in [0.5, 0.6) is 0 Å². The van der Waals surface area contributed by atoms with Crippen molar-refractivity contribution >= 4 is 31.6 Å². The minimum atomic E-state index is -3.55. The van der Waals surface area contributed by atoms with Gasteiger partial charge >= 0.3 is 0 Å². The SMILES string of the molecule is CC(C)NS(=O)(=O)c1ccc(CCC(=O)Nc2ccc(S(=O)(=O)N3CCN(C)CC3)cc2)cc1. The zero-order valence-corrected chi connectivity index (χ0v) is 21.3. The highest BCUT2D eigenvalue weighted by Crippen LogP contribution is 2.20. The highest BCUT2D eigenvalue weighted by atomic mass is 32.2.